The number of likely N-dealkylation sites (tertiary alicyclic amines) is 1. The van der Waals surface area contributed by atoms with Gasteiger partial charge in [-0.3, -0.25) is 9.69 Å². The maximum Gasteiger partial charge on any atom is 0.235 e. The zero-order chi connectivity index (χ0) is 20.0. The Morgan fingerprint density at radius 1 is 1.17 bits per heavy atom. The van der Waals surface area contributed by atoms with Gasteiger partial charge < -0.3 is 15.4 Å². The molecule has 1 fully saturated rings. The quantitative estimate of drug-likeness (QED) is 0.806. The van der Waals surface area contributed by atoms with Crippen LogP contribution in [0.1, 0.15) is 29.5 Å². The molecule has 5 rings (SSSR count). The second-order valence-electron chi connectivity index (χ2n) is 8.07. The zero-order valence-electron chi connectivity index (χ0n) is 16.3. The fourth-order valence-electron chi connectivity index (χ4n) is 4.73. The minimum absolute atomic E-state index is 0.110. The van der Waals surface area contributed by atoms with E-state index in [2.05, 4.69) is 34.2 Å². The first-order chi connectivity index (χ1) is 14.0. The predicted octanol–water partition coefficient (Wildman–Crippen LogP) is 3.78. The Labute approximate surface area is 175 Å². The van der Waals surface area contributed by atoms with Crippen molar-refractivity contribution in [1.82, 2.24) is 10.2 Å². The van der Waals surface area contributed by atoms with Crippen molar-refractivity contribution in [2.24, 2.45) is 0 Å². The van der Waals surface area contributed by atoms with Gasteiger partial charge in [-0.05, 0) is 73.5 Å². The van der Waals surface area contributed by atoms with E-state index in [-0.39, 0.29) is 5.91 Å². The molecule has 0 unspecified atom stereocenters. The molecule has 0 saturated carbocycles. The summed E-state index contributed by atoms with van der Waals surface area (Å²) in [7, 11) is 0. The van der Waals surface area contributed by atoms with Crippen molar-refractivity contribution in [2.75, 3.05) is 31.6 Å². The standard InChI is InChI=1S/C23H24ClN3O2/c1-15-19-4-3-18(12-16(19)14-25-15)29-11-10-27-8-6-23(7-9-27)20-13-17(24)2-5-21(20)26-22(23)28/h2-5,12-13,25H,1,6-11,14H2,(H,26,28). The minimum Gasteiger partial charge on any atom is -0.492 e. The van der Waals surface area contributed by atoms with Crippen LogP contribution in [0.25, 0.3) is 5.70 Å². The monoisotopic (exact) mass is 409 g/mol. The molecule has 29 heavy (non-hydrogen) atoms. The molecule has 1 saturated heterocycles. The Morgan fingerprint density at radius 2 is 2.00 bits per heavy atom. The predicted molar refractivity (Wildman–Crippen MR) is 115 cm³/mol. The van der Waals surface area contributed by atoms with Gasteiger partial charge in [0.15, 0.2) is 0 Å². The number of anilines is 1. The highest BCUT2D eigenvalue weighted by molar-refractivity contribution is 6.31. The van der Waals surface area contributed by atoms with Gasteiger partial charge >= 0.3 is 0 Å². The lowest BCUT2D eigenvalue weighted by Gasteiger charge is -2.38. The second kappa shape index (κ2) is 7.08. The lowest BCUT2D eigenvalue weighted by molar-refractivity contribution is -0.122. The van der Waals surface area contributed by atoms with Gasteiger partial charge in [0.2, 0.25) is 5.91 Å². The fourth-order valence-corrected chi connectivity index (χ4v) is 4.90. The molecule has 3 aliphatic heterocycles. The lowest BCUT2D eigenvalue weighted by Crippen LogP contribution is -2.47. The molecular formula is C23H24ClN3O2. The van der Waals surface area contributed by atoms with Crippen LogP contribution in [0.5, 0.6) is 5.75 Å². The van der Waals surface area contributed by atoms with Crippen LogP contribution in [0.15, 0.2) is 43.0 Å². The average molecular weight is 410 g/mol. The van der Waals surface area contributed by atoms with Gasteiger partial charge in [-0.2, -0.15) is 0 Å². The van der Waals surface area contributed by atoms with Crippen molar-refractivity contribution in [3.8, 4) is 5.75 Å². The molecule has 150 valence electrons. The third kappa shape index (κ3) is 3.18. The summed E-state index contributed by atoms with van der Waals surface area (Å²) < 4.78 is 5.98. The number of halogens is 1. The molecule has 0 radical (unpaired) electrons. The molecule has 0 aliphatic carbocycles. The first-order valence-electron chi connectivity index (χ1n) is 10.1. The van der Waals surface area contributed by atoms with Gasteiger partial charge in [-0.25, -0.2) is 0 Å². The molecular weight excluding hydrogens is 386 g/mol. The molecule has 0 atom stereocenters. The van der Waals surface area contributed by atoms with Crippen LogP contribution >= 0.6 is 11.6 Å². The van der Waals surface area contributed by atoms with Gasteiger partial charge in [0.25, 0.3) is 0 Å². The number of hydrogen-bond acceptors (Lipinski definition) is 4. The van der Waals surface area contributed by atoms with Crippen LogP contribution in [0.2, 0.25) is 5.02 Å². The zero-order valence-corrected chi connectivity index (χ0v) is 17.0. The van der Waals surface area contributed by atoms with Crippen molar-refractivity contribution < 1.29 is 9.53 Å². The van der Waals surface area contributed by atoms with Crippen LogP contribution in [0.3, 0.4) is 0 Å². The van der Waals surface area contributed by atoms with E-state index in [0.29, 0.717) is 11.6 Å². The summed E-state index contributed by atoms with van der Waals surface area (Å²) in [6.45, 7) is 8.05. The Balaban J connectivity index is 1.18. The molecule has 6 heteroatoms. The van der Waals surface area contributed by atoms with Gasteiger partial charge in [-0.15, -0.1) is 0 Å². The minimum atomic E-state index is -0.438. The summed E-state index contributed by atoms with van der Waals surface area (Å²) in [5, 5.41) is 6.98. The van der Waals surface area contributed by atoms with Crippen molar-refractivity contribution in [3.05, 3.63) is 64.7 Å². The Morgan fingerprint density at radius 3 is 2.83 bits per heavy atom. The smallest absolute Gasteiger partial charge is 0.235 e. The highest BCUT2D eigenvalue weighted by Gasteiger charge is 2.48. The van der Waals surface area contributed by atoms with E-state index in [1.165, 1.54) is 11.1 Å². The summed E-state index contributed by atoms with van der Waals surface area (Å²) in [4.78, 5) is 15.1. The van der Waals surface area contributed by atoms with E-state index in [9.17, 15) is 4.79 Å². The first kappa shape index (κ1) is 18.5. The van der Waals surface area contributed by atoms with Gasteiger partial charge in [0.1, 0.15) is 12.4 Å². The third-order valence-corrected chi connectivity index (χ3v) is 6.70. The molecule has 5 nitrogen and oxygen atoms in total. The van der Waals surface area contributed by atoms with Gasteiger partial charge in [0.05, 0.1) is 5.41 Å². The molecule has 3 aliphatic rings. The molecule has 2 aromatic carbocycles. The Kier molecular flexibility index (Phi) is 4.52. The molecule has 0 bridgehead atoms. The lowest BCUT2D eigenvalue weighted by atomic mass is 9.73. The molecule has 3 heterocycles. The topological polar surface area (TPSA) is 53.6 Å². The average Bonchev–Trinajstić information content (AvgIpc) is 3.21. The van der Waals surface area contributed by atoms with Crippen LogP contribution in [0.4, 0.5) is 5.69 Å². The number of piperidine rings is 1. The van der Waals surface area contributed by atoms with Crippen molar-refractivity contribution in [1.29, 1.82) is 0 Å². The summed E-state index contributed by atoms with van der Waals surface area (Å²) >= 11 is 6.20. The van der Waals surface area contributed by atoms with Crippen LogP contribution in [-0.2, 0) is 16.8 Å². The van der Waals surface area contributed by atoms with Crippen molar-refractivity contribution in [2.45, 2.75) is 24.8 Å². The molecule has 2 aromatic rings. The van der Waals surface area contributed by atoms with E-state index in [1.807, 2.05) is 24.3 Å². The summed E-state index contributed by atoms with van der Waals surface area (Å²) in [5.74, 6) is 1.01. The highest BCUT2D eigenvalue weighted by atomic mass is 35.5. The Hall–Kier alpha value is -2.50. The van der Waals surface area contributed by atoms with Crippen LogP contribution < -0.4 is 15.4 Å². The number of rotatable bonds is 4. The normalized spacial score (nSPS) is 19.6. The summed E-state index contributed by atoms with van der Waals surface area (Å²) in [6, 6.07) is 11.9. The number of nitrogens with one attached hydrogen (secondary N) is 2. The van der Waals surface area contributed by atoms with Crippen molar-refractivity contribution in [3.63, 3.8) is 0 Å². The van der Waals surface area contributed by atoms with E-state index in [0.717, 1.165) is 61.7 Å². The molecule has 0 aromatic heterocycles. The highest BCUT2D eigenvalue weighted by Crippen LogP contribution is 2.45. The maximum atomic E-state index is 12.7. The number of amides is 1. The van der Waals surface area contributed by atoms with Crippen LogP contribution in [0, 0.1) is 0 Å². The number of carbonyl (C=O) groups excluding carboxylic acids is 1. The SMILES string of the molecule is C=C1NCc2cc(OCCN3CCC4(CC3)C(=O)Nc3ccc(Cl)cc34)ccc21. The third-order valence-electron chi connectivity index (χ3n) is 6.46. The largest absolute Gasteiger partial charge is 0.492 e. The van der Waals surface area contributed by atoms with E-state index in [1.54, 1.807) is 0 Å². The summed E-state index contributed by atoms with van der Waals surface area (Å²) in [5.41, 5.74) is 4.91. The second-order valence-corrected chi connectivity index (χ2v) is 8.50. The number of fused-ring (bicyclic) bond motifs is 3. The number of carbonyl (C=O) groups is 1. The number of ether oxygens (including phenoxy) is 1. The maximum absolute atomic E-state index is 12.7. The number of hydrogen-bond donors (Lipinski definition) is 2. The van der Waals surface area contributed by atoms with E-state index in [4.69, 9.17) is 16.3 Å². The number of nitrogens with zero attached hydrogens (tertiary/aromatic N) is 1. The summed E-state index contributed by atoms with van der Waals surface area (Å²) in [6.07, 6.45) is 1.61. The number of benzene rings is 2. The fraction of sp³-hybridized carbons (Fsp3) is 0.348. The van der Waals surface area contributed by atoms with Gasteiger partial charge in [0, 0.05) is 35.1 Å². The van der Waals surface area contributed by atoms with Crippen LogP contribution in [-0.4, -0.2) is 37.0 Å². The Bertz CT molecular complexity index is 996. The van der Waals surface area contributed by atoms with Crippen molar-refractivity contribution >= 4 is 28.9 Å². The first-order valence-corrected chi connectivity index (χ1v) is 10.5. The van der Waals surface area contributed by atoms with E-state index >= 15 is 0 Å². The molecule has 1 amide bonds. The van der Waals surface area contributed by atoms with Gasteiger partial charge in [-0.1, -0.05) is 18.2 Å². The molecule has 1 spiro atoms. The molecule has 2 N–H and O–H groups in total. The van der Waals surface area contributed by atoms with E-state index < -0.39 is 5.41 Å².